The Morgan fingerprint density at radius 2 is 2.29 bits per heavy atom. The summed E-state index contributed by atoms with van der Waals surface area (Å²) in [7, 11) is 0. The molecule has 0 radical (unpaired) electrons. The molecule has 0 N–H and O–H groups in total. The van der Waals surface area contributed by atoms with Gasteiger partial charge in [-0.1, -0.05) is 6.92 Å². The molecule has 0 aromatic carbocycles. The van der Waals surface area contributed by atoms with E-state index in [4.69, 9.17) is 10.00 Å². The van der Waals surface area contributed by atoms with Crippen LogP contribution in [0.2, 0.25) is 0 Å². The molecule has 3 nitrogen and oxygen atoms in total. The highest BCUT2D eigenvalue weighted by Gasteiger charge is 2.08. The van der Waals surface area contributed by atoms with Crippen LogP contribution >= 0.6 is 0 Å². The molecule has 1 aromatic heterocycles. The summed E-state index contributed by atoms with van der Waals surface area (Å²) in [4.78, 5) is 4.19. The van der Waals surface area contributed by atoms with E-state index in [1.807, 2.05) is 26.8 Å². The van der Waals surface area contributed by atoms with Crippen molar-refractivity contribution in [2.45, 2.75) is 33.3 Å². The van der Waals surface area contributed by atoms with Crippen molar-refractivity contribution >= 4 is 0 Å². The normalized spacial score (nSPS) is 11.9. The van der Waals surface area contributed by atoms with Crippen molar-refractivity contribution in [1.29, 1.82) is 5.26 Å². The fourth-order valence-corrected chi connectivity index (χ4v) is 0.982. The summed E-state index contributed by atoms with van der Waals surface area (Å²) in [6.07, 6.45) is 0.997. The van der Waals surface area contributed by atoms with Crippen LogP contribution in [-0.2, 0) is 0 Å². The first-order valence-corrected chi connectivity index (χ1v) is 4.71. The van der Waals surface area contributed by atoms with E-state index in [9.17, 15) is 0 Å². The van der Waals surface area contributed by atoms with Crippen LogP contribution in [0.4, 0.5) is 0 Å². The van der Waals surface area contributed by atoms with Crippen LogP contribution in [0, 0.1) is 18.3 Å². The third-order valence-corrected chi connectivity index (χ3v) is 2.01. The lowest BCUT2D eigenvalue weighted by atomic mass is 10.2. The standard InChI is InChI=1S/C11H14N2O/c1-4-9(3)14-11-10(7-12)6-5-8(2)13-11/h5-6,9H,4H2,1-3H3. The molecule has 0 aliphatic rings. The summed E-state index contributed by atoms with van der Waals surface area (Å²) in [5.74, 6) is 0.446. The van der Waals surface area contributed by atoms with E-state index in [1.54, 1.807) is 6.07 Å². The first-order chi connectivity index (χ1) is 6.67. The highest BCUT2D eigenvalue weighted by atomic mass is 16.5. The number of ether oxygens (including phenoxy) is 1. The average molecular weight is 190 g/mol. The lowest BCUT2D eigenvalue weighted by Gasteiger charge is -2.12. The number of aromatic nitrogens is 1. The number of hydrogen-bond donors (Lipinski definition) is 0. The molecule has 3 heteroatoms. The van der Waals surface area contributed by atoms with E-state index >= 15 is 0 Å². The van der Waals surface area contributed by atoms with Crippen molar-refractivity contribution in [3.63, 3.8) is 0 Å². The largest absolute Gasteiger partial charge is 0.474 e. The zero-order valence-electron chi connectivity index (χ0n) is 8.74. The maximum atomic E-state index is 8.82. The van der Waals surface area contributed by atoms with Gasteiger partial charge in [-0.25, -0.2) is 4.98 Å². The fourth-order valence-electron chi connectivity index (χ4n) is 0.982. The highest BCUT2D eigenvalue weighted by molar-refractivity contribution is 5.38. The fraction of sp³-hybridized carbons (Fsp3) is 0.455. The average Bonchev–Trinajstić information content (AvgIpc) is 2.18. The van der Waals surface area contributed by atoms with E-state index in [2.05, 4.69) is 11.1 Å². The Kier molecular flexibility index (Phi) is 3.47. The molecule has 0 spiro atoms. The number of aryl methyl sites for hydroxylation is 1. The van der Waals surface area contributed by atoms with Gasteiger partial charge in [0.1, 0.15) is 11.6 Å². The number of nitriles is 1. The van der Waals surface area contributed by atoms with E-state index in [1.165, 1.54) is 0 Å². The van der Waals surface area contributed by atoms with Gasteiger partial charge in [0, 0.05) is 5.69 Å². The third kappa shape index (κ3) is 2.46. The van der Waals surface area contributed by atoms with Crippen LogP contribution in [0.15, 0.2) is 12.1 Å². The molecule has 0 aliphatic heterocycles. The Hall–Kier alpha value is -1.56. The van der Waals surface area contributed by atoms with Gasteiger partial charge in [0.2, 0.25) is 5.88 Å². The van der Waals surface area contributed by atoms with Crippen molar-refractivity contribution in [2.24, 2.45) is 0 Å². The van der Waals surface area contributed by atoms with Crippen molar-refractivity contribution in [2.75, 3.05) is 0 Å². The summed E-state index contributed by atoms with van der Waals surface area (Å²) in [5.41, 5.74) is 1.36. The Labute approximate surface area is 84.3 Å². The first kappa shape index (κ1) is 10.5. The van der Waals surface area contributed by atoms with E-state index < -0.39 is 0 Å². The zero-order chi connectivity index (χ0) is 10.6. The number of rotatable bonds is 3. The van der Waals surface area contributed by atoms with Gasteiger partial charge in [-0.3, -0.25) is 0 Å². The second-order valence-electron chi connectivity index (χ2n) is 3.25. The molecule has 0 saturated carbocycles. The van der Waals surface area contributed by atoms with Crippen molar-refractivity contribution in [1.82, 2.24) is 4.98 Å². The second kappa shape index (κ2) is 4.61. The maximum absolute atomic E-state index is 8.82. The van der Waals surface area contributed by atoms with Crippen molar-refractivity contribution in [3.05, 3.63) is 23.4 Å². The molecule has 1 aromatic rings. The van der Waals surface area contributed by atoms with Gasteiger partial charge in [0.15, 0.2) is 0 Å². The summed E-state index contributed by atoms with van der Waals surface area (Å²) in [6, 6.07) is 5.61. The topological polar surface area (TPSA) is 45.9 Å². The molecule has 0 amide bonds. The van der Waals surface area contributed by atoms with Crippen LogP contribution in [-0.4, -0.2) is 11.1 Å². The highest BCUT2D eigenvalue weighted by Crippen LogP contribution is 2.16. The predicted molar refractivity (Wildman–Crippen MR) is 54.1 cm³/mol. The van der Waals surface area contributed by atoms with Crippen LogP contribution < -0.4 is 4.74 Å². The summed E-state index contributed by atoms with van der Waals surface area (Å²) >= 11 is 0. The summed E-state index contributed by atoms with van der Waals surface area (Å²) in [5, 5.41) is 8.82. The van der Waals surface area contributed by atoms with E-state index in [-0.39, 0.29) is 6.10 Å². The van der Waals surface area contributed by atoms with Gasteiger partial charge in [0.25, 0.3) is 0 Å². The number of hydrogen-bond acceptors (Lipinski definition) is 3. The minimum Gasteiger partial charge on any atom is -0.474 e. The molecule has 1 atom stereocenters. The molecule has 0 bridgehead atoms. The second-order valence-corrected chi connectivity index (χ2v) is 3.25. The van der Waals surface area contributed by atoms with Crippen LogP contribution in [0.25, 0.3) is 0 Å². The maximum Gasteiger partial charge on any atom is 0.232 e. The molecular formula is C11H14N2O. The van der Waals surface area contributed by atoms with Gasteiger partial charge >= 0.3 is 0 Å². The molecule has 1 heterocycles. The summed E-state index contributed by atoms with van der Waals surface area (Å²) < 4.78 is 5.53. The third-order valence-electron chi connectivity index (χ3n) is 2.01. The molecule has 74 valence electrons. The van der Waals surface area contributed by atoms with E-state index in [0.29, 0.717) is 11.4 Å². The molecule has 0 fully saturated rings. The molecular weight excluding hydrogens is 176 g/mol. The van der Waals surface area contributed by atoms with Crippen LogP contribution in [0.3, 0.4) is 0 Å². The lowest BCUT2D eigenvalue weighted by Crippen LogP contribution is -2.12. The minimum absolute atomic E-state index is 0.0939. The molecule has 1 unspecified atom stereocenters. The van der Waals surface area contributed by atoms with Gasteiger partial charge < -0.3 is 4.74 Å². The minimum atomic E-state index is 0.0939. The number of nitrogens with zero attached hydrogens (tertiary/aromatic N) is 2. The van der Waals surface area contributed by atoms with Gasteiger partial charge in [-0.05, 0) is 32.4 Å². The van der Waals surface area contributed by atoms with Gasteiger partial charge in [-0.15, -0.1) is 0 Å². The SMILES string of the molecule is CCC(C)Oc1nc(C)ccc1C#N. The molecule has 0 aliphatic carbocycles. The smallest absolute Gasteiger partial charge is 0.232 e. The van der Waals surface area contributed by atoms with Crippen LogP contribution in [0.1, 0.15) is 31.5 Å². The predicted octanol–water partition coefficient (Wildman–Crippen LogP) is 2.44. The lowest BCUT2D eigenvalue weighted by molar-refractivity contribution is 0.207. The molecule has 1 rings (SSSR count). The Morgan fingerprint density at radius 3 is 2.86 bits per heavy atom. The van der Waals surface area contributed by atoms with Crippen molar-refractivity contribution < 1.29 is 4.74 Å². The Balaban J connectivity index is 2.94. The quantitative estimate of drug-likeness (QED) is 0.735. The first-order valence-electron chi connectivity index (χ1n) is 4.71. The monoisotopic (exact) mass is 190 g/mol. The zero-order valence-corrected chi connectivity index (χ0v) is 8.74. The Bertz CT molecular complexity index is 355. The van der Waals surface area contributed by atoms with Crippen LogP contribution in [0.5, 0.6) is 5.88 Å². The van der Waals surface area contributed by atoms with E-state index in [0.717, 1.165) is 12.1 Å². The number of pyridine rings is 1. The van der Waals surface area contributed by atoms with Gasteiger partial charge in [-0.2, -0.15) is 5.26 Å². The summed E-state index contributed by atoms with van der Waals surface area (Å²) in [6.45, 7) is 5.88. The molecule has 14 heavy (non-hydrogen) atoms. The van der Waals surface area contributed by atoms with Gasteiger partial charge in [0.05, 0.1) is 6.10 Å². The van der Waals surface area contributed by atoms with Crippen molar-refractivity contribution in [3.8, 4) is 11.9 Å². The Morgan fingerprint density at radius 1 is 1.57 bits per heavy atom. The molecule has 0 saturated heterocycles.